The Morgan fingerprint density at radius 2 is 2.14 bits per heavy atom. The van der Waals surface area contributed by atoms with Crippen LogP contribution >= 0.6 is 0 Å². The third-order valence-corrected chi connectivity index (χ3v) is 4.01. The Balaban J connectivity index is 1.90. The number of aromatic nitrogens is 2. The molecule has 0 spiro atoms. The van der Waals surface area contributed by atoms with E-state index in [-0.39, 0.29) is 17.3 Å². The van der Waals surface area contributed by atoms with Crippen molar-refractivity contribution in [1.29, 1.82) is 0 Å². The van der Waals surface area contributed by atoms with E-state index < -0.39 is 12.0 Å². The van der Waals surface area contributed by atoms with E-state index in [9.17, 15) is 14.7 Å². The number of fused-ring (bicyclic) bond motifs is 1. The van der Waals surface area contributed by atoms with Crippen LogP contribution in [0.1, 0.15) is 36.6 Å². The molecule has 22 heavy (non-hydrogen) atoms. The molecule has 2 heterocycles. The van der Waals surface area contributed by atoms with E-state index in [0.29, 0.717) is 18.7 Å². The second kappa shape index (κ2) is 5.63. The van der Waals surface area contributed by atoms with Crippen LogP contribution in [0.3, 0.4) is 0 Å². The fraction of sp³-hybridized carbons (Fsp3) is 0.312. The molecule has 0 saturated carbocycles. The summed E-state index contributed by atoms with van der Waals surface area (Å²) < 4.78 is 1.35. The first-order valence-corrected chi connectivity index (χ1v) is 7.20. The molecule has 6 heteroatoms. The normalized spacial score (nSPS) is 19.7. The van der Waals surface area contributed by atoms with E-state index in [1.54, 1.807) is 6.20 Å². The van der Waals surface area contributed by atoms with Crippen molar-refractivity contribution < 1.29 is 9.90 Å². The lowest BCUT2D eigenvalue weighted by atomic mass is 10.1. The van der Waals surface area contributed by atoms with Crippen molar-refractivity contribution in [3.8, 4) is 0 Å². The van der Waals surface area contributed by atoms with Gasteiger partial charge in [-0.3, -0.25) is 9.36 Å². The molecule has 0 saturated heterocycles. The number of rotatable bonds is 4. The largest absolute Gasteiger partial charge is 0.480 e. The molecule has 0 radical (unpaired) electrons. The van der Waals surface area contributed by atoms with Crippen molar-refractivity contribution in [3.63, 3.8) is 0 Å². The van der Waals surface area contributed by atoms with Crippen LogP contribution in [0.5, 0.6) is 0 Å². The summed E-state index contributed by atoms with van der Waals surface area (Å²) in [5.41, 5.74) is 1.34. The quantitative estimate of drug-likeness (QED) is 0.902. The number of aliphatic carboxylic acids is 1. The van der Waals surface area contributed by atoms with Crippen LogP contribution in [0.25, 0.3) is 0 Å². The van der Waals surface area contributed by atoms with Gasteiger partial charge in [0.15, 0.2) is 5.82 Å². The average Bonchev–Trinajstić information content (AvgIpc) is 2.86. The molecule has 2 aromatic rings. The summed E-state index contributed by atoms with van der Waals surface area (Å²) >= 11 is 0. The fourth-order valence-corrected chi connectivity index (χ4v) is 2.84. The number of nitrogens with zero attached hydrogens (tertiary/aromatic N) is 2. The maximum absolute atomic E-state index is 12.5. The highest BCUT2D eigenvalue weighted by Crippen LogP contribution is 2.33. The highest BCUT2D eigenvalue weighted by molar-refractivity contribution is 5.73. The van der Waals surface area contributed by atoms with E-state index in [4.69, 9.17) is 0 Å². The van der Waals surface area contributed by atoms with Crippen LogP contribution < -0.4 is 10.9 Å². The highest BCUT2D eigenvalue weighted by atomic mass is 16.4. The molecular weight excluding hydrogens is 282 g/mol. The lowest BCUT2D eigenvalue weighted by molar-refractivity contribution is -0.140. The smallest absolute Gasteiger partial charge is 0.326 e. The van der Waals surface area contributed by atoms with Gasteiger partial charge in [-0.2, -0.15) is 0 Å². The summed E-state index contributed by atoms with van der Waals surface area (Å²) in [4.78, 5) is 28.0. The van der Waals surface area contributed by atoms with E-state index in [0.717, 1.165) is 5.56 Å². The number of benzene rings is 1. The highest BCUT2D eigenvalue weighted by Gasteiger charge is 2.34. The van der Waals surface area contributed by atoms with E-state index in [1.807, 2.05) is 37.3 Å². The predicted octanol–water partition coefficient (Wildman–Crippen LogP) is 1.99. The molecule has 0 amide bonds. The summed E-state index contributed by atoms with van der Waals surface area (Å²) in [5, 5.41) is 12.3. The average molecular weight is 299 g/mol. The Hall–Kier alpha value is -2.63. The molecule has 1 aliphatic heterocycles. The van der Waals surface area contributed by atoms with Crippen molar-refractivity contribution >= 4 is 11.8 Å². The summed E-state index contributed by atoms with van der Waals surface area (Å²) in [6, 6.07) is 8.84. The van der Waals surface area contributed by atoms with Gasteiger partial charge < -0.3 is 10.4 Å². The van der Waals surface area contributed by atoms with Crippen molar-refractivity contribution in [2.45, 2.75) is 31.8 Å². The SMILES string of the molecule is C[C@@H]1C[C@@H](C(=O)O)n2c1cnc(NCc1ccccc1)c2=O. The standard InChI is InChI=1S/C16H17N3O3/c1-10-7-12(16(21)22)19-13(10)9-18-14(15(19)20)17-8-11-5-3-2-4-6-11/h2-6,9-10,12H,7-8H2,1H3,(H,17,18)(H,21,22)/t10-,12+/m1/s1. The van der Waals surface area contributed by atoms with Gasteiger partial charge in [-0.15, -0.1) is 0 Å². The van der Waals surface area contributed by atoms with Gasteiger partial charge in [0.05, 0.1) is 0 Å². The van der Waals surface area contributed by atoms with E-state index >= 15 is 0 Å². The first-order chi connectivity index (χ1) is 10.6. The van der Waals surface area contributed by atoms with Gasteiger partial charge in [-0.05, 0) is 12.0 Å². The number of nitrogens with one attached hydrogen (secondary N) is 1. The molecule has 2 atom stereocenters. The Morgan fingerprint density at radius 3 is 2.82 bits per heavy atom. The minimum atomic E-state index is -0.979. The zero-order valence-corrected chi connectivity index (χ0v) is 12.2. The van der Waals surface area contributed by atoms with Crippen LogP contribution in [0, 0.1) is 0 Å². The molecule has 1 aromatic carbocycles. The molecule has 6 nitrogen and oxygen atoms in total. The number of hydrogen-bond donors (Lipinski definition) is 2. The number of anilines is 1. The third kappa shape index (κ3) is 2.47. The first-order valence-electron chi connectivity index (χ1n) is 7.20. The monoisotopic (exact) mass is 299 g/mol. The molecular formula is C16H17N3O3. The Bertz CT molecular complexity index is 755. The van der Waals surface area contributed by atoms with E-state index in [2.05, 4.69) is 10.3 Å². The van der Waals surface area contributed by atoms with Gasteiger partial charge in [0.1, 0.15) is 6.04 Å². The summed E-state index contributed by atoms with van der Waals surface area (Å²) in [6.45, 7) is 2.38. The summed E-state index contributed by atoms with van der Waals surface area (Å²) in [7, 11) is 0. The van der Waals surface area contributed by atoms with Gasteiger partial charge >= 0.3 is 5.97 Å². The van der Waals surface area contributed by atoms with Crippen molar-refractivity contribution in [1.82, 2.24) is 9.55 Å². The minimum Gasteiger partial charge on any atom is -0.480 e. The number of hydrogen-bond acceptors (Lipinski definition) is 4. The van der Waals surface area contributed by atoms with Crippen LogP contribution in [0.15, 0.2) is 41.3 Å². The fourth-order valence-electron chi connectivity index (χ4n) is 2.84. The van der Waals surface area contributed by atoms with Crippen LogP contribution in [-0.2, 0) is 11.3 Å². The molecule has 3 rings (SSSR count). The number of carbonyl (C=O) groups is 1. The second-order valence-corrected chi connectivity index (χ2v) is 5.54. The van der Waals surface area contributed by atoms with Crippen molar-refractivity contribution in [2.75, 3.05) is 5.32 Å². The predicted molar refractivity (Wildman–Crippen MR) is 82.0 cm³/mol. The molecule has 114 valence electrons. The third-order valence-electron chi connectivity index (χ3n) is 4.01. The van der Waals surface area contributed by atoms with Gasteiger partial charge in [0.25, 0.3) is 5.56 Å². The number of carboxylic acid groups (broad SMARTS) is 1. The Kier molecular flexibility index (Phi) is 3.66. The zero-order valence-electron chi connectivity index (χ0n) is 12.2. The molecule has 0 aliphatic carbocycles. The van der Waals surface area contributed by atoms with Crippen LogP contribution in [-0.4, -0.2) is 20.6 Å². The zero-order chi connectivity index (χ0) is 15.7. The maximum Gasteiger partial charge on any atom is 0.326 e. The molecule has 0 bridgehead atoms. The lowest BCUT2D eigenvalue weighted by Gasteiger charge is -2.12. The van der Waals surface area contributed by atoms with Crippen LogP contribution in [0.2, 0.25) is 0 Å². The molecule has 1 aromatic heterocycles. The molecule has 0 unspecified atom stereocenters. The summed E-state index contributed by atoms with van der Waals surface area (Å²) in [6.07, 6.45) is 2.02. The topological polar surface area (TPSA) is 84.2 Å². The minimum absolute atomic E-state index is 0.0180. The lowest BCUT2D eigenvalue weighted by Crippen LogP contribution is -2.30. The Morgan fingerprint density at radius 1 is 1.41 bits per heavy atom. The molecule has 2 N–H and O–H groups in total. The van der Waals surface area contributed by atoms with Gasteiger partial charge in [0, 0.05) is 24.4 Å². The van der Waals surface area contributed by atoms with E-state index in [1.165, 1.54) is 4.57 Å². The van der Waals surface area contributed by atoms with Crippen molar-refractivity contribution in [2.24, 2.45) is 0 Å². The van der Waals surface area contributed by atoms with Crippen LogP contribution in [0.4, 0.5) is 5.82 Å². The second-order valence-electron chi connectivity index (χ2n) is 5.54. The molecule has 0 fully saturated rings. The van der Waals surface area contributed by atoms with Gasteiger partial charge in [-0.25, -0.2) is 9.78 Å². The summed E-state index contributed by atoms with van der Waals surface area (Å²) in [5.74, 6) is -0.773. The Labute approximate surface area is 127 Å². The first kappa shape index (κ1) is 14.3. The van der Waals surface area contributed by atoms with Gasteiger partial charge in [-0.1, -0.05) is 37.3 Å². The van der Waals surface area contributed by atoms with Gasteiger partial charge in [0.2, 0.25) is 0 Å². The maximum atomic E-state index is 12.5. The molecule has 1 aliphatic rings. The number of carboxylic acids is 1. The van der Waals surface area contributed by atoms with Crippen molar-refractivity contribution in [3.05, 3.63) is 58.1 Å².